The van der Waals surface area contributed by atoms with E-state index in [9.17, 15) is 9.59 Å². The normalized spacial score (nSPS) is 19.4. The van der Waals surface area contributed by atoms with Gasteiger partial charge in [-0.3, -0.25) is 9.59 Å². The van der Waals surface area contributed by atoms with Gasteiger partial charge in [0.15, 0.2) is 0 Å². The molecule has 2 atom stereocenters. The minimum atomic E-state index is -0.420. The second kappa shape index (κ2) is 7.11. The van der Waals surface area contributed by atoms with Crippen LogP contribution in [0.2, 0.25) is 5.02 Å². The molecular formula is C16H22ClN3O2. The number of para-hydroxylation sites is 1. The maximum Gasteiger partial charge on any atom is 0.249 e. The molecule has 0 saturated carbocycles. The van der Waals surface area contributed by atoms with Crippen LogP contribution in [0, 0.1) is 0 Å². The second-order valence-corrected chi connectivity index (χ2v) is 6.17. The molecule has 2 unspecified atom stereocenters. The number of hydrogen-bond donors (Lipinski definition) is 1. The molecule has 1 fully saturated rings. The first-order chi connectivity index (χ1) is 10.4. The summed E-state index contributed by atoms with van der Waals surface area (Å²) in [6, 6.07) is 6.82. The number of benzene rings is 1. The summed E-state index contributed by atoms with van der Waals surface area (Å²) in [7, 11) is 1.68. The van der Waals surface area contributed by atoms with Crippen LogP contribution in [0.3, 0.4) is 0 Å². The Kier molecular flexibility index (Phi) is 5.42. The SMILES string of the molecule is CC(N)CCC(=O)N(C)C1CCN(c2ccccc2Cl)C1=O. The Morgan fingerprint density at radius 1 is 1.50 bits per heavy atom. The fraction of sp³-hybridized carbons (Fsp3) is 0.500. The highest BCUT2D eigenvalue weighted by molar-refractivity contribution is 6.34. The summed E-state index contributed by atoms with van der Waals surface area (Å²) in [5.74, 6) is -0.124. The largest absolute Gasteiger partial charge is 0.334 e. The summed E-state index contributed by atoms with van der Waals surface area (Å²) >= 11 is 6.16. The lowest BCUT2D eigenvalue weighted by Gasteiger charge is -2.24. The highest BCUT2D eigenvalue weighted by Crippen LogP contribution is 2.30. The van der Waals surface area contributed by atoms with Gasteiger partial charge in [-0.05, 0) is 31.9 Å². The van der Waals surface area contributed by atoms with Crippen LogP contribution in [-0.4, -0.2) is 42.4 Å². The van der Waals surface area contributed by atoms with Crippen LogP contribution in [0.5, 0.6) is 0 Å². The number of nitrogens with two attached hydrogens (primary N) is 1. The molecule has 0 radical (unpaired) electrons. The van der Waals surface area contributed by atoms with Gasteiger partial charge in [0.2, 0.25) is 11.8 Å². The van der Waals surface area contributed by atoms with Crippen molar-refractivity contribution in [2.75, 3.05) is 18.5 Å². The van der Waals surface area contributed by atoms with E-state index in [0.29, 0.717) is 36.5 Å². The lowest BCUT2D eigenvalue weighted by molar-refractivity contribution is -0.136. The fourth-order valence-electron chi connectivity index (χ4n) is 2.64. The third-order valence-electron chi connectivity index (χ3n) is 3.99. The van der Waals surface area contributed by atoms with E-state index >= 15 is 0 Å². The van der Waals surface area contributed by atoms with Crippen LogP contribution in [0.4, 0.5) is 5.69 Å². The number of carbonyl (C=O) groups is 2. The zero-order valence-corrected chi connectivity index (χ0v) is 13.7. The molecule has 1 aromatic carbocycles. The van der Waals surface area contributed by atoms with E-state index in [4.69, 9.17) is 17.3 Å². The van der Waals surface area contributed by atoms with Crippen molar-refractivity contribution >= 4 is 29.1 Å². The maximum absolute atomic E-state index is 12.6. The number of anilines is 1. The number of nitrogens with zero attached hydrogens (tertiary/aromatic N) is 2. The molecule has 1 aliphatic heterocycles. The van der Waals surface area contributed by atoms with Gasteiger partial charge in [0.1, 0.15) is 6.04 Å². The van der Waals surface area contributed by atoms with Gasteiger partial charge < -0.3 is 15.5 Å². The summed E-state index contributed by atoms with van der Waals surface area (Å²) in [5.41, 5.74) is 6.38. The monoisotopic (exact) mass is 323 g/mol. The van der Waals surface area contributed by atoms with E-state index in [0.717, 1.165) is 0 Å². The lowest BCUT2D eigenvalue weighted by atomic mass is 10.1. The Morgan fingerprint density at radius 3 is 2.82 bits per heavy atom. The van der Waals surface area contributed by atoms with Crippen LogP contribution in [0.25, 0.3) is 0 Å². The molecule has 0 aliphatic carbocycles. The predicted molar refractivity (Wildman–Crippen MR) is 87.9 cm³/mol. The van der Waals surface area contributed by atoms with Crippen molar-refractivity contribution in [1.29, 1.82) is 0 Å². The highest BCUT2D eigenvalue weighted by Gasteiger charge is 2.37. The fourth-order valence-corrected chi connectivity index (χ4v) is 2.87. The van der Waals surface area contributed by atoms with Crippen LogP contribution in [0.1, 0.15) is 26.2 Å². The van der Waals surface area contributed by atoms with E-state index in [1.165, 1.54) is 0 Å². The van der Waals surface area contributed by atoms with Crippen molar-refractivity contribution in [3.8, 4) is 0 Å². The Morgan fingerprint density at radius 2 is 2.18 bits per heavy atom. The van der Waals surface area contributed by atoms with Gasteiger partial charge in [-0.2, -0.15) is 0 Å². The van der Waals surface area contributed by atoms with E-state index in [-0.39, 0.29) is 17.9 Å². The average Bonchev–Trinajstić information content (AvgIpc) is 2.86. The number of carbonyl (C=O) groups excluding carboxylic acids is 2. The summed E-state index contributed by atoms with van der Waals surface area (Å²) in [5, 5.41) is 0.544. The third-order valence-corrected chi connectivity index (χ3v) is 4.31. The number of amides is 2. The van der Waals surface area contributed by atoms with Crippen LogP contribution >= 0.6 is 11.6 Å². The van der Waals surface area contributed by atoms with Crippen molar-refractivity contribution in [3.05, 3.63) is 29.3 Å². The van der Waals surface area contributed by atoms with Crippen molar-refractivity contribution in [2.24, 2.45) is 5.73 Å². The molecule has 2 amide bonds. The Labute approximate surface area is 136 Å². The summed E-state index contributed by atoms with van der Waals surface area (Å²) < 4.78 is 0. The molecule has 120 valence electrons. The quantitative estimate of drug-likeness (QED) is 0.901. The van der Waals surface area contributed by atoms with Gasteiger partial charge in [0, 0.05) is 26.1 Å². The molecule has 5 nitrogen and oxygen atoms in total. The van der Waals surface area contributed by atoms with Gasteiger partial charge in [-0.25, -0.2) is 0 Å². The average molecular weight is 324 g/mol. The van der Waals surface area contributed by atoms with E-state index in [1.807, 2.05) is 25.1 Å². The van der Waals surface area contributed by atoms with Crippen molar-refractivity contribution in [3.63, 3.8) is 0 Å². The highest BCUT2D eigenvalue weighted by atomic mass is 35.5. The van der Waals surface area contributed by atoms with E-state index in [1.54, 1.807) is 22.9 Å². The first kappa shape index (κ1) is 16.8. The Balaban J connectivity index is 2.05. The smallest absolute Gasteiger partial charge is 0.249 e. The molecule has 0 spiro atoms. The number of halogens is 1. The molecule has 22 heavy (non-hydrogen) atoms. The summed E-state index contributed by atoms with van der Waals surface area (Å²) in [4.78, 5) is 28.0. The van der Waals surface area contributed by atoms with Gasteiger partial charge in [0.25, 0.3) is 0 Å². The number of likely N-dealkylation sites (N-methyl/N-ethyl adjacent to an activating group) is 1. The number of hydrogen-bond acceptors (Lipinski definition) is 3. The van der Waals surface area contributed by atoms with Crippen molar-refractivity contribution < 1.29 is 9.59 Å². The topological polar surface area (TPSA) is 66.6 Å². The third kappa shape index (κ3) is 3.59. The standard InChI is InChI=1S/C16H22ClN3O2/c1-11(18)7-8-15(21)19(2)14-9-10-20(16(14)22)13-6-4-3-5-12(13)17/h3-6,11,14H,7-10,18H2,1-2H3. The minimum Gasteiger partial charge on any atom is -0.334 e. The van der Waals surface area contributed by atoms with Crippen molar-refractivity contribution in [2.45, 2.75) is 38.3 Å². The molecule has 2 rings (SSSR count). The molecule has 1 aliphatic rings. The molecular weight excluding hydrogens is 302 g/mol. The molecule has 1 aromatic rings. The minimum absolute atomic E-state index is 0.0174. The Bertz CT molecular complexity index is 562. The summed E-state index contributed by atoms with van der Waals surface area (Å²) in [6.45, 7) is 2.44. The van der Waals surface area contributed by atoms with Crippen LogP contribution in [0.15, 0.2) is 24.3 Å². The van der Waals surface area contributed by atoms with Crippen LogP contribution in [-0.2, 0) is 9.59 Å². The predicted octanol–water partition coefficient (Wildman–Crippen LogP) is 2.03. The molecule has 2 N–H and O–H groups in total. The van der Waals surface area contributed by atoms with Crippen molar-refractivity contribution in [1.82, 2.24) is 4.90 Å². The van der Waals surface area contributed by atoms with E-state index < -0.39 is 6.04 Å². The van der Waals surface area contributed by atoms with Gasteiger partial charge in [-0.1, -0.05) is 23.7 Å². The first-order valence-corrected chi connectivity index (χ1v) is 7.86. The Hall–Kier alpha value is -1.59. The maximum atomic E-state index is 12.6. The van der Waals surface area contributed by atoms with E-state index in [2.05, 4.69) is 0 Å². The molecule has 0 aromatic heterocycles. The van der Waals surface area contributed by atoms with Gasteiger partial charge >= 0.3 is 0 Å². The molecule has 6 heteroatoms. The zero-order chi connectivity index (χ0) is 16.3. The van der Waals surface area contributed by atoms with Gasteiger partial charge in [-0.15, -0.1) is 0 Å². The van der Waals surface area contributed by atoms with Crippen LogP contribution < -0.4 is 10.6 Å². The summed E-state index contributed by atoms with van der Waals surface area (Å²) in [6.07, 6.45) is 1.60. The molecule has 1 heterocycles. The lowest BCUT2D eigenvalue weighted by Crippen LogP contribution is -2.43. The zero-order valence-electron chi connectivity index (χ0n) is 13.0. The second-order valence-electron chi connectivity index (χ2n) is 5.77. The first-order valence-electron chi connectivity index (χ1n) is 7.49. The molecule has 1 saturated heterocycles. The van der Waals surface area contributed by atoms with Gasteiger partial charge in [0.05, 0.1) is 10.7 Å². The number of rotatable bonds is 5. The molecule has 0 bridgehead atoms.